The van der Waals surface area contributed by atoms with E-state index in [1.165, 1.54) is 0 Å². The highest BCUT2D eigenvalue weighted by molar-refractivity contribution is 7.91. The van der Waals surface area contributed by atoms with Gasteiger partial charge in [0.05, 0.1) is 22.9 Å². The lowest BCUT2D eigenvalue weighted by atomic mass is 10.3. The van der Waals surface area contributed by atoms with Crippen LogP contribution in [0.3, 0.4) is 0 Å². The number of benzene rings is 1. The van der Waals surface area contributed by atoms with Gasteiger partial charge in [0.25, 0.3) is 0 Å². The van der Waals surface area contributed by atoms with Crippen LogP contribution in [0, 0.1) is 0 Å². The summed E-state index contributed by atoms with van der Waals surface area (Å²) in [5, 5.41) is 10.9. The highest BCUT2D eigenvalue weighted by atomic mass is 32.2. The minimum absolute atomic E-state index is 0.110. The molecule has 2 aromatic rings. The number of hydrogen-bond donors (Lipinski definition) is 1. The molecule has 1 aromatic carbocycles. The van der Waals surface area contributed by atoms with E-state index in [-0.39, 0.29) is 5.75 Å². The number of sulfone groups is 1. The van der Waals surface area contributed by atoms with Crippen LogP contribution in [-0.4, -0.2) is 24.4 Å². The van der Waals surface area contributed by atoms with Crippen molar-refractivity contribution in [2.45, 2.75) is 18.4 Å². The molecule has 0 bridgehead atoms. The molecule has 5 nitrogen and oxygen atoms in total. The fourth-order valence-electron chi connectivity index (χ4n) is 1.57. The van der Waals surface area contributed by atoms with Crippen LogP contribution >= 0.6 is 0 Å². The van der Waals surface area contributed by atoms with E-state index in [1.807, 2.05) is 12.1 Å². The molecule has 0 fully saturated rings. The van der Waals surface area contributed by atoms with Gasteiger partial charge in [-0.1, -0.05) is 6.92 Å². The SMILES string of the molecule is CCS(=O)(=O)c1ccc(NCc2cccnn2)cc1. The maximum Gasteiger partial charge on any atom is 0.178 e. The largest absolute Gasteiger partial charge is 0.379 e. The normalized spacial score (nSPS) is 11.2. The Hall–Kier alpha value is -1.95. The van der Waals surface area contributed by atoms with Gasteiger partial charge >= 0.3 is 0 Å². The Morgan fingerprint density at radius 3 is 2.47 bits per heavy atom. The zero-order valence-corrected chi connectivity index (χ0v) is 11.4. The van der Waals surface area contributed by atoms with Gasteiger partial charge in [-0.25, -0.2) is 8.42 Å². The lowest BCUT2D eigenvalue weighted by Crippen LogP contribution is -2.05. The maximum atomic E-state index is 11.7. The van der Waals surface area contributed by atoms with Gasteiger partial charge in [-0.2, -0.15) is 10.2 Å². The molecule has 2 rings (SSSR count). The average molecular weight is 277 g/mol. The second-order valence-electron chi connectivity index (χ2n) is 4.00. The predicted molar refractivity (Wildman–Crippen MR) is 73.5 cm³/mol. The minimum Gasteiger partial charge on any atom is -0.379 e. The first kappa shape index (κ1) is 13.5. The molecule has 1 N–H and O–H groups in total. The second kappa shape index (κ2) is 5.79. The monoisotopic (exact) mass is 277 g/mol. The van der Waals surface area contributed by atoms with Crippen molar-refractivity contribution in [2.75, 3.05) is 11.1 Å². The van der Waals surface area contributed by atoms with E-state index >= 15 is 0 Å². The van der Waals surface area contributed by atoms with Gasteiger partial charge in [0.2, 0.25) is 0 Å². The number of nitrogens with zero attached hydrogens (tertiary/aromatic N) is 2. The van der Waals surface area contributed by atoms with Crippen molar-refractivity contribution in [1.29, 1.82) is 0 Å². The topological polar surface area (TPSA) is 72.0 Å². The van der Waals surface area contributed by atoms with E-state index in [2.05, 4.69) is 15.5 Å². The van der Waals surface area contributed by atoms with Gasteiger partial charge in [0.1, 0.15) is 0 Å². The molecule has 100 valence electrons. The summed E-state index contributed by atoms with van der Waals surface area (Å²) in [6.45, 7) is 2.18. The molecule has 0 aliphatic heterocycles. The van der Waals surface area contributed by atoms with E-state index in [9.17, 15) is 8.42 Å². The van der Waals surface area contributed by atoms with Gasteiger partial charge in [-0.3, -0.25) is 0 Å². The first-order chi connectivity index (χ1) is 9.12. The maximum absolute atomic E-state index is 11.7. The highest BCUT2D eigenvalue weighted by Gasteiger charge is 2.10. The molecule has 0 aliphatic rings. The second-order valence-corrected chi connectivity index (χ2v) is 6.27. The first-order valence-electron chi connectivity index (χ1n) is 5.95. The summed E-state index contributed by atoms with van der Waals surface area (Å²) >= 11 is 0. The Balaban J connectivity index is 2.04. The van der Waals surface area contributed by atoms with Crippen LogP contribution in [0.15, 0.2) is 47.5 Å². The van der Waals surface area contributed by atoms with Crippen LogP contribution in [0.25, 0.3) is 0 Å². The quantitative estimate of drug-likeness (QED) is 0.903. The van der Waals surface area contributed by atoms with E-state index < -0.39 is 9.84 Å². The Morgan fingerprint density at radius 2 is 1.89 bits per heavy atom. The van der Waals surface area contributed by atoms with Crippen molar-refractivity contribution in [3.05, 3.63) is 48.3 Å². The van der Waals surface area contributed by atoms with Crippen molar-refractivity contribution in [3.8, 4) is 0 Å². The van der Waals surface area contributed by atoms with Crippen molar-refractivity contribution < 1.29 is 8.42 Å². The van der Waals surface area contributed by atoms with Crippen LogP contribution in [0.1, 0.15) is 12.6 Å². The number of nitrogens with one attached hydrogen (secondary N) is 1. The summed E-state index contributed by atoms with van der Waals surface area (Å²) < 4.78 is 23.3. The fraction of sp³-hybridized carbons (Fsp3) is 0.231. The standard InChI is InChI=1S/C13H15N3O2S/c1-2-19(17,18)13-7-5-11(6-8-13)14-10-12-4-3-9-15-16-12/h3-9,14H,2,10H2,1H3. The average Bonchev–Trinajstić information content (AvgIpc) is 2.47. The number of anilines is 1. The summed E-state index contributed by atoms with van der Waals surface area (Å²) in [6.07, 6.45) is 1.62. The molecule has 0 atom stereocenters. The third-order valence-corrected chi connectivity index (χ3v) is 4.45. The van der Waals surface area contributed by atoms with Gasteiger partial charge < -0.3 is 5.32 Å². The molecule has 0 spiro atoms. The van der Waals surface area contributed by atoms with Crippen molar-refractivity contribution in [3.63, 3.8) is 0 Å². The molecule has 0 aliphatic carbocycles. The lowest BCUT2D eigenvalue weighted by molar-refractivity contribution is 0.597. The first-order valence-corrected chi connectivity index (χ1v) is 7.60. The van der Waals surface area contributed by atoms with Gasteiger partial charge in [0.15, 0.2) is 9.84 Å². The van der Waals surface area contributed by atoms with Gasteiger partial charge in [-0.15, -0.1) is 0 Å². The summed E-state index contributed by atoms with van der Waals surface area (Å²) in [5.74, 6) is 0.110. The third kappa shape index (κ3) is 3.51. The smallest absolute Gasteiger partial charge is 0.178 e. The van der Waals surface area contributed by atoms with Gasteiger partial charge in [0, 0.05) is 11.9 Å². The van der Waals surface area contributed by atoms with Crippen molar-refractivity contribution >= 4 is 15.5 Å². The Kier molecular flexibility index (Phi) is 4.11. The summed E-state index contributed by atoms with van der Waals surface area (Å²) in [5.41, 5.74) is 1.67. The molecule has 1 aromatic heterocycles. The van der Waals surface area contributed by atoms with Gasteiger partial charge in [-0.05, 0) is 36.4 Å². The van der Waals surface area contributed by atoms with Crippen molar-refractivity contribution in [1.82, 2.24) is 10.2 Å². The molecular formula is C13H15N3O2S. The molecule has 6 heteroatoms. The third-order valence-electron chi connectivity index (χ3n) is 2.69. The van der Waals surface area contributed by atoms with Crippen LogP contribution < -0.4 is 5.32 Å². The van der Waals surface area contributed by atoms with E-state index in [4.69, 9.17) is 0 Å². The highest BCUT2D eigenvalue weighted by Crippen LogP contribution is 2.15. The van der Waals surface area contributed by atoms with Crippen LogP contribution in [0.5, 0.6) is 0 Å². The summed E-state index contributed by atoms with van der Waals surface area (Å²) in [4.78, 5) is 0.347. The Morgan fingerprint density at radius 1 is 1.16 bits per heavy atom. The lowest BCUT2D eigenvalue weighted by Gasteiger charge is -2.06. The fourth-order valence-corrected chi connectivity index (χ4v) is 2.45. The van der Waals surface area contributed by atoms with E-state index in [0.717, 1.165) is 11.4 Å². The zero-order valence-electron chi connectivity index (χ0n) is 10.6. The Labute approximate surface area is 112 Å². The van der Waals surface area contributed by atoms with E-state index in [1.54, 1.807) is 37.4 Å². The molecule has 0 saturated carbocycles. The van der Waals surface area contributed by atoms with E-state index in [0.29, 0.717) is 11.4 Å². The Bertz CT molecular complexity index is 625. The minimum atomic E-state index is -3.13. The zero-order chi connectivity index (χ0) is 13.7. The summed E-state index contributed by atoms with van der Waals surface area (Å²) in [6, 6.07) is 10.4. The molecule has 19 heavy (non-hydrogen) atoms. The molecule has 1 heterocycles. The van der Waals surface area contributed by atoms with Crippen LogP contribution in [0.2, 0.25) is 0 Å². The molecule has 0 amide bonds. The van der Waals surface area contributed by atoms with Crippen molar-refractivity contribution in [2.24, 2.45) is 0 Å². The van der Waals surface area contributed by atoms with Crippen LogP contribution in [-0.2, 0) is 16.4 Å². The molecule has 0 saturated heterocycles. The number of aromatic nitrogens is 2. The van der Waals surface area contributed by atoms with Crippen LogP contribution in [0.4, 0.5) is 5.69 Å². The number of rotatable bonds is 5. The predicted octanol–water partition coefficient (Wildman–Crippen LogP) is 1.88. The molecule has 0 radical (unpaired) electrons. The summed E-state index contributed by atoms with van der Waals surface area (Å²) in [7, 11) is -3.13. The molecular weight excluding hydrogens is 262 g/mol. The molecule has 0 unspecified atom stereocenters. The number of hydrogen-bond acceptors (Lipinski definition) is 5.